The van der Waals surface area contributed by atoms with Crippen LogP contribution in [0.2, 0.25) is 0 Å². The van der Waals surface area contributed by atoms with Crippen LogP contribution in [0.4, 0.5) is 0 Å². The van der Waals surface area contributed by atoms with Crippen LogP contribution in [-0.2, 0) is 4.79 Å². The Morgan fingerprint density at radius 1 is 0.425 bits per heavy atom. The third kappa shape index (κ3) is 32.6. The quantitative estimate of drug-likeness (QED) is 0.0499. The summed E-state index contributed by atoms with van der Waals surface area (Å²) in [4.78, 5) is 11.0. The molecular weight excluding hydrogens is 486 g/mol. The Labute approximate surface area is 251 Å². The predicted molar refractivity (Wildman–Crippen MR) is 181 cm³/mol. The smallest absolute Gasteiger partial charge is 0.207 e. The maximum atomic E-state index is 11.0. The van der Waals surface area contributed by atoms with Crippen LogP contribution in [0.15, 0.2) is 48.6 Å². The summed E-state index contributed by atoms with van der Waals surface area (Å²) in [5.74, 6) is 0. The fourth-order valence-corrected chi connectivity index (χ4v) is 5.17. The lowest BCUT2D eigenvalue weighted by Crippen LogP contribution is -2.27. The fraction of sp³-hybridized carbons (Fsp3) is 0.763. The summed E-state index contributed by atoms with van der Waals surface area (Å²) in [5.41, 5.74) is 0. The van der Waals surface area contributed by atoms with Gasteiger partial charge in [-0.25, -0.2) is 0 Å². The molecule has 1 N–H and O–H groups in total. The van der Waals surface area contributed by atoms with Crippen LogP contribution in [0.3, 0.4) is 0 Å². The third-order valence-electron chi connectivity index (χ3n) is 7.81. The van der Waals surface area contributed by atoms with E-state index in [1.807, 2.05) is 0 Å². The lowest BCUT2D eigenvalue weighted by Gasteiger charge is -2.16. The van der Waals surface area contributed by atoms with E-state index < -0.39 is 0 Å². The van der Waals surface area contributed by atoms with Crippen molar-refractivity contribution in [3.63, 3.8) is 0 Å². The lowest BCUT2D eigenvalue weighted by molar-refractivity contribution is -0.110. The van der Waals surface area contributed by atoms with Gasteiger partial charge in [-0.2, -0.15) is 0 Å². The van der Waals surface area contributed by atoms with Gasteiger partial charge in [0.05, 0.1) is 0 Å². The number of hydrogen-bond donors (Lipinski definition) is 1. The molecule has 0 unspecified atom stereocenters. The molecule has 40 heavy (non-hydrogen) atoms. The van der Waals surface area contributed by atoms with Crippen molar-refractivity contribution >= 4 is 6.41 Å². The standard InChI is InChI=1S/C38H69NO/c1-3-5-7-9-11-13-15-17-19-21-23-25-27-29-31-33-35-38(39-37-40)36-34-32-30-28-26-24-22-20-18-16-14-12-10-8-6-4-2/h11-14,17-20,37-38H,3-10,15-16,21-36H2,1-2H3,(H,39,40)/b13-11-,14-12-,19-17-,20-18-. The topological polar surface area (TPSA) is 29.1 Å². The van der Waals surface area contributed by atoms with E-state index in [2.05, 4.69) is 67.8 Å². The number of hydrogen-bond acceptors (Lipinski definition) is 1. The molecule has 0 aliphatic heterocycles. The molecule has 0 fully saturated rings. The first-order valence-corrected chi connectivity index (χ1v) is 17.6. The molecule has 0 aromatic rings. The second-order valence-electron chi connectivity index (χ2n) is 11.7. The minimum absolute atomic E-state index is 0.383. The molecule has 1 amide bonds. The number of allylic oxidation sites excluding steroid dienone is 8. The van der Waals surface area contributed by atoms with E-state index in [-0.39, 0.29) is 0 Å². The first-order valence-electron chi connectivity index (χ1n) is 17.6. The number of nitrogens with one attached hydrogen (secondary N) is 1. The van der Waals surface area contributed by atoms with E-state index in [1.165, 1.54) is 141 Å². The lowest BCUT2D eigenvalue weighted by atomic mass is 10.00. The van der Waals surface area contributed by atoms with Gasteiger partial charge < -0.3 is 5.32 Å². The maximum Gasteiger partial charge on any atom is 0.207 e. The summed E-state index contributed by atoms with van der Waals surface area (Å²) in [5, 5.41) is 3.08. The second kappa shape index (κ2) is 35.5. The number of carbonyl (C=O) groups excluding carboxylic acids is 1. The van der Waals surface area contributed by atoms with Crippen LogP contribution in [-0.4, -0.2) is 12.5 Å². The highest BCUT2D eigenvalue weighted by Crippen LogP contribution is 2.15. The Bertz CT molecular complexity index is 555. The summed E-state index contributed by atoms with van der Waals surface area (Å²) in [7, 11) is 0. The molecule has 232 valence electrons. The second-order valence-corrected chi connectivity index (χ2v) is 11.7. The summed E-state index contributed by atoms with van der Waals surface area (Å²) in [6, 6.07) is 0.383. The molecule has 0 saturated carbocycles. The summed E-state index contributed by atoms with van der Waals surface area (Å²) < 4.78 is 0. The number of carbonyl (C=O) groups is 1. The summed E-state index contributed by atoms with van der Waals surface area (Å²) in [6.45, 7) is 4.52. The van der Waals surface area contributed by atoms with Crippen molar-refractivity contribution in [3.05, 3.63) is 48.6 Å². The summed E-state index contributed by atoms with van der Waals surface area (Å²) >= 11 is 0. The van der Waals surface area contributed by atoms with E-state index in [0.717, 1.165) is 32.1 Å². The van der Waals surface area contributed by atoms with Gasteiger partial charge in [-0.3, -0.25) is 4.79 Å². The van der Waals surface area contributed by atoms with E-state index in [0.29, 0.717) is 6.04 Å². The van der Waals surface area contributed by atoms with Crippen molar-refractivity contribution in [1.29, 1.82) is 0 Å². The van der Waals surface area contributed by atoms with Crippen molar-refractivity contribution in [2.24, 2.45) is 0 Å². The average Bonchev–Trinajstić information content (AvgIpc) is 2.96. The van der Waals surface area contributed by atoms with Crippen molar-refractivity contribution < 1.29 is 4.79 Å². The van der Waals surface area contributed by atoms with Crippen LogP contribution in [0.25, 0.3) is 0 Å². The zero-order valence-electron chi connectivity index (χ0n) is 27.1. The Morgan fingerprint density at radius 3 is 1.10 bits per heavy atom. The third-order valence-corrected chi connectivity index (χ3v) is 7.81. The molecule has 2 heteroatoms. The van der Waals surface area contributed by atoms with Crippen LogP contribution in [0, 0.1) is 0 Å². The molecule has 0 bridgehead atoms. The van der Waals surface area contributed by atoms with Gasteiger partial charge in [0.25, 0.3) is 0 Å². The van der Waals surface area contributed by atoms with Crippen molar-refractivity contribution in [2.45, 2.75) is 187 Å². The zero-order chi connectivity index (χ0) is 29.0. The van der Waals surface area contributed by atoms with Gasteiger partial charge in [-0.1, -0.05) is 152 Å². The molecule has 0 radical (unpaired) electrons. The van der Waals surface area contributed by atoms with Gasteiger partial charge in [0.1, 0.15) is 0 Å². The van der Waals surface area contributed by atoms with Gasteiger partial charge in [0.15, 0.2) is 0 Å². The predicted octanol–water partition coefficient (Wildman–Crippen LogP) is 12.5. The number of rotatable bonds is 32. The van der Waals surface area contributed by atoms with E-state index in [9.17, 15) is 4.79 Å². The number of unbranched alkanes of at least 4 members (excludes halogenated alkanes) is 18. The minimum Gasteiger partial charge on any atom is -0.356 e. The highest BCUT2D eigenvalue weighted by molar-refractivity contribution is 5.46. The van der Waals surface area contributed by atoms with Crippen molar-refractivity contribution in [3.8, 4) is 0 Å². The van der Waals surface area contributed by atoms with Crippen molar-refractivity contribution in [2.75, 3.05) is 0 Å². The highest BCUT2D eigenvalue weighted by Gasteiger charge is 2.06. The molecule has 0 atom stereocenters. The van der Waals surface area contributed by atoms with Crippen LogP contribution >= 0.6 is 0 Å². The first-order chi connectivity index (χ1) is 19.8. The zero-order valence-corrected chi connectivity index (χ0v) is 27.1. The van der Waals surface area contributed by atoms with Gasteiger partial charge >= 0.3 is 0 Å². The molecule has 2 nitrogen and oxygen atoms in total. The molecule has 0 aromatic heterocycles. The first kappa shape index (κ1) is 38.4. The van der Waals surface area contributed by atoms with Crippen molar-refractivity contribution in [1.82, 2.24) is 5.32 Å². The molecule has 0 saturated heterocycles. The Balaban J connectivity index is 3.52. The van der Waals surface area contributed by atoms with E-state index in [1.54, 1.807) is 0 Å². The summed E-state index contributed by atoms with van der Waals surface area (Å²) in [6.07, 6.45) is 52.8. The van der Waals surface area contributed by atoms with Gasteiger partial charge in [0.2, 0.25) is 6.41 Å². The highest BCUT2D eigenvalue weighted by atomic mass is 16.1. The Morgan fingerprint density at radius 2 is 0.750 bits per heavy atom. The SMILES string of the molecule is CCCCC/C=C\C/C=C\CCCCCCCCC(CCCCCCCC/C=C\C/C=C\CCCCC)NC=O. The Kier molecular flexibility index (Phi) is 34.1. The maximum absolute atomic E-state index is 11.0. The average molecular weight is 556 g/mol. The molecule has 0 rings (SSSR count). The van der Waals surface area contributed by atoms with Gasteiger partial charge in [-0.15, -0.1) is 0 Å². The van der Waals surface area contributed by atoms with Crippen LogP contribution in [0.5, 0.6) is 0 Å². The van der Waals surface area contributed by atoms with E-state index in [4.69, 9.17) is 0 Å². The minimum atomic E-state index is 0.383. The van der Waals surface area contributed by atoms with Gasteiger partial charge in [0, 0.05) is 6.04 Å². The molecule has 0 spiro atoms. The molecular formula is C38H69NO. The van der Waals surface area contributed by atoms with E-state index >= 15 is 0 Å². The largest absolute Gasteiger partial charge is 0.356 e. The fourth-order valence-electron chi connectivity index (χ4n) is 5.17. The molecule has 0 aliphatic carbocycles. The monoisotopic (exact) mass is 556 g/mol. The number of amides is 1. The normalized spacial score (nSPS) is 12.3. The van der Waals surface area contributed by atoms with Gasteiger partial charge in [-0.05, 0) is 77.0 Å². The van der Waals surface area contributed by atoms with Crippen LogP contribution in [0.1, 0.15) is 181 Å². The molecule has 0 heterocycles. The molecule has 0 aromatic carbocycles. The molecule has 0 aliphatic rings. The Hall–Kier alpha value is -1.57. The van der Waals surface area contributed by atoms with Crippen LogP contribution < -0.4 is 5.32 Å².